The summed E-state index contributed by atoms with van der Waals surface area (Å²) < 4.78 is 0. The molecule has 0 fully saturated rings. The summed E-state index contributed by atoms with van der Waals surface area (Å²) in [6.45, 7) is 17.7. The number of carboxylic acid groups (broad SMARTS) is 1. The number of thiol groups is 1. The molecule has 0 saturated heterocycles. The van der Waals surface area contributed by atoms with Crippen molar-refractivity contribution in [1.82, 2.24) is 47.5 Å². The zero-order chi connectivity index (χ0) is 56.0. The third-order valence-electron chi connectivity index (χ3n) is 11.7. The van der Waals surface area contributed by atoms with E-state index in [1.807, 2.05) is 79.7 Å². The van der Waals surface area contributed by atoms with Gasteiger partial charge in [-0.05, 0) is 87.7 Å². The van der Waals surface area contributed by atoms with Crippen molar-refractivity contribution in [1.29, 1.82) is 0 Å². The largest absolute Gasteiger partial charge is 0.480 e. The normalized spacial score (nSPS) is 15.1. The van der Waals surface area contributed by atoms with Crippen LogP contribution in [0.2, 0.25) is 0 Å². The first kappa shape index (κ1) is 63.7. The van der Waals surface area contributed by atoms with Gasteiger partial charge in [0.1, 0.15) is 48.3 Å². The number of nitrogens with zero attached hydrogens (tertiary/aromatic N) is 1. The molecule has 23 nitrogen and oxygen atoms in total. The maximum Gasteiger partial charge on any atom is 0.326 e. The monoisotopic (exact) mass is 1060 g/mol. The van der Waals surface area contributed by atoms with Crippen LogP contribution in [0.3, 0.4) is 0 Å². The van der Waals surface area contributed by atoms with Gasteiger partial charge in [-0.1, -0.05) is 73.6 Å². The molecule has 0 bridgehead atoms. The van der Waals surface area contributed by atoms with Gasteiger partial charge in [0.05, 0.1) is 6.04 Å². The van der Waals surface area contributed by atoms with Crippen LogP contribution in [0.15, 0.2) is 35.5 Å². The van der Waals surface area contributed by atoms with E-state index in [9.17, 15) is 48.3 Å². The highest BCUT2D eigenvalue weighted by Gasteiger charge is 2.34. The number of carbonyl (C=O) groups is 9. The first-order valence-corrected chi connectivity index (χ1v) is 25.9. The number of H-pyrrole nitrogens is 1. The summed E-state index contributed by atoms with van der Waals surface area (Å²) >= 11 is 4.25. The van der Waals surface area contributed by atoms with Crippen LogP contribution in [0.5, 0.6) is 0 Å². The minimum atomic E-state index is -1.31. The number of amides is 8. The lowest BCUT2D eigenvalue weighted by Crippen LogP contribution is -2.60. The standard InChI is InChI=1S/C50H83N13O10S/c1-25(2)18-33(51)43(66)60-36(19-26(3)4)46(69)63-40(24-74)48(71)57-29(9)41(64)58-35(16-13-17-54-50(52)53)44(67)56-30(10)42(65)59-38(22-31-23-55-34-15-12-11-14-32(31)34)47(70)61-37(20-27(5)6)45(68)62-39(49(72)73)21-28(7)8/h11-12,14-15,23,25-30,33,35-40,55,74H,13,16-22,24,51H2,1-10H3,(H,56,67)(H,57,71)(H,58,64)(H,59,65)(H,60,66)(H,61,70)(H,62,68)(H,63,69)(H,72,73)(H4,52,53,54)/t29-,30-,33-,35-,36-,37-,38-,39-,40-/m0/s1. The van der Waals surface area contributed by atoms with Crippen LogP contribution in [0.4, 0.5) is 0 Å². The zero-order valence-corrected chi connectivity index (χ0v) is 45.4. The Bertz CT molecular complexity index is 2250. The fourth-order valence-corrected chi connectivity index (χ4v) is 8.12. The smallest absolute Gasteiger partial charge is 0.326 e. The van der Waals surface area contributed by atoms with E-state index >= 15 is 0 Å². The molecule has 1 aromatic carbocycles. The molecule has 24 heteroatoms. The minimum Gasteiger partial charge on any atom is -0.480 e. The van der Waals surface area contributed by atoms with Crippen molar-refractivity contribution in [3.05, 3.63) is 36.0 Å². The Kier molecular flexibility index (Phi) is 27.0. The maximum atomic E-state index is 14.2. The van der Waals surface area contributed by atoms with Gasteiger partial charge in [-0.15, -0.1) is 0 Å². The van der Waals surface area contributed by atoms with Gasteiger partial charge >= 0.3 is 5.97 Å². The van der Waals surface area contributed by atoms with Crippen LogP contribution in [0, 0.1) is 23.7 Å². The molecule has 2 aromatic rings. The Labute approximate surface area is 439 Å². The van der Waals surface area contributed by atoms with Gasteiger partial charge in [-0.25, -0.2) is 4.79 Å². The number of carbonyl (C=O) groups excluding carboxylic acids is 8. The van der Waals surface area contributed by atoms with Crippen molar-refractivity contribution < 1.29 is 48.3 Å². The average Bonchev–Trinajstić information content (AvgIpc) is 3.71. The SMILES string of the molecule is CC(C)C[C@H](NC(=O)[C@H](CC(C)C)NC(=O)[C@H](Cc1c[nH]c2ccccc12)NC(=O)[C@H](C)NC(=O)[C@H](CCCN=C(N)N)NC(=O)[C@H](C)NC(=O)[C@H](CS)NC(=O)[C@H](CC(C)C)NC(=O)[C@@H](N)CC(C)C)C(=O)O. The lowest BCUT2D eigenvalue weighted by Gasteiger charge is -2.27. The number of aromatic amines is 1. The minimum absolute atomic E-state index is 0.0217. The molecule has 0 saturated carbocycles. The number of guanidine groups is 1. The van der Waals surface area contributed by atoms with E-state index in [0.717, 1.165) is 10.9 Å². The number of carboxylic acids is 1. The van der Waals surface area contributed by atoms with Crippen LogP contribution in [-0.4, -0.2) is 136 Å². The van der Waals surface area contributed by atoms with Gasteiger partial charge in [0.15, 0.2) is 5.96 Å². The van der Waals surface area contributed by atoms with Crippen LogP contribution < -0.4 is 59.7 Å². The van der Waals surface area contributed by atoms with Crippen molar-refractivity contribution in [3.8, 4) is 0 Å². The predicted molar refractivity (Wildman–Crippen MR) is 286 cm³/mol. The van der Waals surface area contributed by atoms with Crippen LogP contribution >= 0.6 is 12.6 Å². The van der Waals surface area contributed by atoms with E-state index in [2.05, 4.69) is 65.1 Å². The van der Waals surface area contributed by atoms with E-state index in [0.29, 0.717) is 12.0 Å². The number of nitrogens with two attached hydrogens (primary N) is 3. The number of hydrogen-bond acceptors (Lipinski definition) is 12. The number of aromatic nitrogens is 1. The fraction of sp³-hybridized carbons (Fsp3) is 0.640. The Morgan fingerprint density at radius 2 is 0.973 bits per heavy atom. The highest BCUT2D eigenvalue weighted by molar-refractivity contribution is 7.80. The molecule has 1 aromatic heterocycles. The number of benzene rings is 1. The quantitative estimate of drug-likeness (QED) is 0.0202. The molecule has 0 spiro atoms. The molecule has 2 rings (SSSR count). The lowest BCUT2D eigenvalue weighted by molar-refractivity contribution is -0.143. The number of fused-ring (bicyclic) bond motifs is 1. The first-order valence-electron chi connectivity index (χ1n) is 25.3. The topological polar surface area (TPSA) is 376 Å². The van der Waals surface area contributed by atoms with E-state index in [1.165, 1.54) is 13.8 Å². The van der Waals surface area contributed by atoms with Crippen molar-refractivity contribution in [2.45, 2.75) is 169 Å². The summed E-state index contributed by atoms with van der Waals surface area (Å²) in [5.41, 5.74) is 18.5. The molecule has 0 aliphatic carbocycles. The third-order valence-corrected chi connectivity index (χ3v) is 12.1. The van der Waals surface area contributed by atoms with Crippen molar-refractivity contribution in [3.63, 3.8) is 0 Å². The average molecular weight is 1060 g/mol. The van der Waals surface area contributed by atoms with Crippen LogP contribution in [-0.2, 0) is 49.6 Å². The number of aliphatic carboxylic acids is 1. The summed E-state index contributed by atoms with van der Waals surface area (Å²) in [6, 6.07) is -3.38. The summed E-state index contributed by atoms with van der Waals surface area (Å²) in [5, 5.41) is 31.6. The van der Waals surface area contributed by atoms with Crippen LogP contribution in [0.1, 0.15) is 113 Å². The molecule has 414 valence electrons. The van der Waals surface area contributed by atoms with Gasteiger partial charge in [-0.3, -0.25) is 43.3 Å². The van der Waals surface area contributed by atoms with Crippen molar-refractivity contribution in [2.75, 3.05) is 12.3 Å². The molecule has 1 heterocycles. The predicted octanol–water partition coefficient (Wildman–Crippen LogP) is 0.208. The molecule has 16 N–H and O–H groups in total. The second-order valence-corrected chi connectivity index (χ2v) is 20.9. The third kappa shape index (κ3) is 22.4. The van der Waals surface area contributed by atoms with Crippen LogP contribution in [0.25, 0.3) is 10.9 Å². The van der Waals surface area contributed by atoms with Gasteiger partial charge in [-0.2, -0.15) is 12.6 Å². The fourth-order valence-electron chi connectivity index (χ4n) is 7.86. The second-order valence-electron chi connectivity index (χ2n) is 20.5. The highest BCUT2D eigenvalue weighted by Crippen LogP contribution is 2.20. The number of rotatable bonds is 32. The van der Waals surface area contributed by atoms with Gasteiger partial charge in [0, 0.05) is 35.8 Å². The maximum absolute atomic E-state index is 14.2. The molecule has 0 aliphatic heterocycles. The number of hydrogen-bond donors (Lipinski definition) is 14. The molecule has 0 radical (unpaired) electrons. The Balaban J connectivity index is 2.33. The summed E-state index contributed by atoms with van der Waals surface area (Å²) in [7, 11) is 0. The number of aliphatic imine (C=N–C) groups is 1. The summed E-state index contributed by atoms with van der Waals surface area (Å²) in [5.74, 6) is -7.48. The first-order chi connectivity index (χ1) is 34.6. The number of nitrogens with one attached hydrogen (secondary N) is 9. The summed E-state index contributed by atoms with van der Waals surface area (Å²) in [4.78, 5) is 128. The van der Waals surface area contributed by atoms with E-state index in [1.54, 1.807) is 6.20 Å². The molecular weight excluding hydrogens is 975 g/mol. The van der Waals surface area contributed by atoms with Gasteiger partial charge in [0.25, 0.3) is 0 Å². The molecule has 0 aliphatic rings. The second kappa shape index (κ2) is 31.3. The lowest BCUT2D eigenvalue weighted by atomic mass is 9.99. The van der Waals surface area contributed by atoms with Crippen molar-refractivity contribution in [2.24, 2.45) is 45.9 Å². The molecule has 9 atom stereocenters. The molecule has 74 heavy (non-hydrogen) atoms. The Hall–Kier alpha value is -6.43. The zero-order valence-electron chi connectivity index (χ0n) is 44.5. The molecular formula is C50H83N13O10S. The van der Waals surface area contributed by atoms with Gasteiger partial charge < -0.3 is 69.8 Å². The van der Waals surface area contributed by atoms with E-state index in [-0.39, 0.29) is 80.5 Å². The van der Waals surface area contributed by atoms with E-state index < -0.39 is 108 Å². The molecule has 8 amide bonds. The highest BCUT2D eigenvalue weighted by atomic mass is 32.1. The molecule has 0 unspecified atom stereocenters. The van der Waals surface area contributed by atoms with Gasteiger partial charge in [0.2, 0.25) is 47.3 Å². The van der Waals surface area contributed by atoms with E-state index in [4.69, 9.17) is 17.2 Å². The Morgan fingerprint density at radius 1 is 0.554 bits per heavy atom. The van der Waals surface area contributed by atoms with Crippen molar-refractivity contribution >= 4 is 82.7 Å². The number of para-hydroxylation sites is 1. The summed E-state index contributed by atoms with van der Waals surface area (Å²) in [6.07, 6.45) is 2.72. The Morgan fingerprint density at radius 3 is 1.47 bits per heavy atom.